The number of aryl methyl sites for hydroxylation is 2. The molecule has 4 aromatic rings. The van der Waals surface area contributed by atoms with Gasteiger partial charge in [0.25, 0.3) is 11.8 Å². The van der Waals surface area contributed by atoms with Gasteiger partial charge in [0.1, 0.15) is 5.57 Å². The largest absolute Gasteiger partial charge is 0.318 e. The SMILES string of the molecule is Cc1cc(Br)ccc1N1C(=O)/C(=C/c2cc(C)n(-c3ccc4ncccc4c3)c2C)C(=O)NC1=S. The Kier molecular flexibility index (Phi) is 5.86. The van der Waals surface area contributed by atoms with Gasteiger partial charge < -0.3 is 4.57 Å². The molecule has 1 N–H and O–H groups in total. The van der Waals surface area contributed by atoms with E-state index in [0.29, 0.717) is 5.69 Å². The van der Waals surface area contributed by atoms with Crippen molar-refractivity contribution in [2.45, 2.75) is 20.8 Å². The molecule has 3 heterocycles. The first kappa shape index (κ1) is 23.1. The van der Waals surface area contributed by atoms with Crippen molar-refractivity contribution < 1.29 is 9.59 Å². The average Bonchev–Trinajstić information content (AvgIpc) is 3.10. The van der Waals surface area contributed by atoms with Crippen molar-refractivity contribution in [3.05, 3.63) is 93.4 Å². The van der Waals surface area contributed by atoms with Crippen molar-refractivity contribution in [3.8, 4) is 5.69 Å². The molecule has 8 heteroatoms. The quantitative estimate of drug-likeness (QED) is 0.209. The fourth-order valence-electron chi connectivity index (χ4n) is 4.43. The van der Waals surface area contributed by atoms with Crippen LogP contribution in [0.15, 0.2) is 70.8 Å². The Bertz CT molecular complexity index is 1590. The second-order valence-corrected chi connectivity index (χ2v) is 9.73. The van der Waals surface area contributed by atoms with Gasteiger partial charge in [-0.3, -0.25) is 24.8 Å². The van der Waals surface area contributed by atoms with Gasteiger partial charge in [-0.15, -0.1) is 0 Å². The highest BCUT2D eigenvalue weighted by Gasteiger charge is 2.35. The maximum atomic E-state index is 13.5. The number of fused-ring (bicyclic) bond motifs is 1. The van der Waals surface area contributed by atoms with Gasteiger partial charge in [-0.1, -0.05) is 22.0 Å². The van der Waals surface area contributed by atoms with Crippen LogP contribution in [0.3, 0.4) is 0 Å². The summed E-state index contributed by atoms with van der Waals surface area (Å²) in [4.78, 5) is 32.1. The van der Waals surface area contributed by atoms with Crippen LogP contribution in [0.2, 0.25) is 0 Å². The van der Waals surface area contributed by atoms with E-state index in [1.807, 2.05) is 63.2 Å². The van der Waals surface area contributed by atoms with E-state index in [9.17, 15) is 9.59 Å². The smallest absolute Gasteiger partial charge is 0.270 e. The van der Waals surface area contributed by atoms with E-state index in [1.54, 1.807) is 18.3 Å². The van der Waals surface area contributed by atoms with E-state index in [4.69, 9.17) is 12.2 Å². The number of amides is 2. The molecule has 0 bridgehead atoms. The summed E-state index contributed by atoms with van der Waals surface area (Å²) >= 11 is 8.79. The molecule has 35 heavy (non-hydrogen) atoms. The number of hydrogen-bond donors (Lipinski definition) is 1. The fourth-order valence-corrected chi connectivity index (χ4v) is 5.18. The number of hydrogen-bond acceptors (Lipinski definition) is 4. The van der Waals surface area contributed by atoms with Gasteiger partial charge in [-0.25, -0.2) is 0 Å². The highest BCUT2D eigenvalue weighted by Crippen LogP contribution is 2.29. The van der Waals surface area contributed by atoms with Crippen molar-refractivity contribution in [1.82, 2.24) is 14.9 Å². The van der Waals surface area contributed by atoms with Crippen molar-refractivity contribution in [2.24, 2.45) is 0 Å². The van der Waals surface area contributed by atoms with E-state index in [0.717, 1.165) is 43.6 Å². The summed E-state index contributed by atoms with van der Waals surface area (Å²) in [6.45, 7) is 5.86. The first-order valence-electron chi connectivity index (χ1n) is 11.0. The van der Waals surface area contributed by atoms with Crippen LogP contribution in [0.5, 0.6) is 0 Å². The topological polar surface area (TPSA) is 67.2 Å². The fraction of sp³-hybridized carbons (Fsp3) is 0.111. The Morgan fingerprint density at radius 2 is 1.83 bits per heavy atom. The minimum atomic E-state index is -0.507. The molecule has 174 valence electrons. The Morgan fingerprint density at radius 3 is 2.60 bits per heavy atom. The second-order valence-electron chi connectivity index (χ2n) is 8.43. The normalized spacial score (nSPS) is 15.3. The molecule has 2 amide bonds. The van der Waals surface area contributed by atoms with Crippen LogP contribution in [0.25, 0.3) is 22.7 Å². The summed E-state index contributed by atoms with van der Waals surface area (Å²) in [5.74, 6) is -0.960. The molecule has 5 rings (SSSR count). The average molecular weight is 545 g/mol. The Balaban J connectivity index is 1.57. The first-order chi connectivity index (χ1) is 16.7. The molecule has 0 atom stereocenters. The summed E-state index contributed by atoms with van der Waals surface area (Å²) in [5.41, 5.74) is 6.11. The summed E-state index contributed by atoms with van der Waals surface area (Å²) in [5, 5.41) is 3.77. The van der Waals surface area contributed by atoms with Crippen LogP contribution in [-0.2, 0) is 9.59 Å². The number of anilines is 1. The molecule has 1 fully saturated rings. The third-order valence-corrected chi connectivity index (χ3v) is 6.89. The Labute approximate surface area is 216 Å². The third-order valence-electron chi connectivity index (χ3n) is 6.12. The van der Waals surface area contributed by atoms with Crippen molar-refractivity contribution in [2.75, 3.05) is 4.90 Å². The summed E-state index contributed by atoms with van der Waals surface area (Å²) in [6, 6.07) is 17.5. The molecule has 1 saturated heterocycles. The van der Waals surface area contributed by atoms with Gasteiger partial charge in [0.2, 0.25) is 0 Å². The zero-order valence-corrected chi connectivity index (χ0v) is 21.7. The number of thiocarbonyl (C=S) groups is 1. The first-order valence-corrected chi connectivity index (χ1v) is 12.2. The molecule has 0 unspecified atom stereocenters. The lowest BCUT2D eigenvalue weighted by Crippen LogP contribution is -2.54. The maximum absolute atomic E-state index is 13.5. The minimum absolute atomic E-state index is 0.0314. The molecule has 6 nitrogen and oxygen atoms in total. The van der Waals surface area contributed by atoms with E-state index < -0.39 is 11.8 Å². The molecule has 1 aliphatic heterocycles. The number of carbonyl (C=O) groups is 2. The molecule has 0 spiro atoms. The van der Waals surface area contributed by atoms with Gasteiger partial charge >= 0.3 is 0 Å². The van der Waals surface area contributed by atoms with E-state index in [2.05, 4.69) is 36.9 Å². The summed E-state index contributed by atoms with van der Waals surface area (Å²) in [6.07, 6.45) is 3.41. The van der Waals surface area contributed by atoms with Crippen LogP contribution < -0.4 is 10.2 Å². The van der Waals surface area contributed by atoms with Gasteiger partial charge in [0.05, 0.1) is 11.2 Å². The molecule has 2 aromatic heterocycles. The van der Waals surface area contributed by atoms with Gasteiger partial charge in [0, 0.05) is 33.1 Å². The number of halogens is 1. The minimum Gasteiger partial charge on any atom is -0.318 e. The lowest BCUT2D eigenvalue weighted by atomic mass is 10.1. The molecule has 1 aliphatic rings. The highest BCUT2D eigenvalue weighted by atomic mass is 79.9. The number of aromatic nitrogens is 2. The van der Waals surface area contributed by atoms with E-state index in [-0.39, 0.29) is 10.7 Å². The Hall–Kier alpha value is -3.62. The maximum Gasteiger partial charge on any atom is 0.270 e. The molecule has 2 aromatic carbocycles. The van der Waals surface area contributed by atoms with E-state index >= 15 is 0 Å². The predicted molar refractivity (Wildman–Crippen MR) is 146 cm³/mol. The number of nitrogens with one attached hydrogen (secondary N) is 1. The number of rotatable bonds is 3. The van der Waals surface area contributed by atoms with Crippen molar-refractivity contribution >= 4 is 67.7 Å². The van der Waals surface area contributed by atoms with Crippen LogP contribution >= 0.6 is 28.1 Å². The monoisotopic (exact) mass is 544 g/mol. The zero-order valence-electron chi connectivity index (χ0n) is 19.3. The molecule has 0 aliphatic carbocycles. The molecule has 0 saturated carbocycles. The number of nitrogens with zero attached hydrogens (tertiary/aromatic N) is 3. The van der Waals surface area contributed by atoms with Crippen LogP contribution in [0.1, 0.15) is 22.5 Å². The number of pyridine rings is 1. The van der Waals surface area contributed by atoms with Crippen LogP contribution in [0, 0.1) is 20.8 Å². The number of benzene rings is 2. The van der Waals surface area contributed by atoms with Gasteiger partial charge in [0.15, 0.2) is 5.11 Å². The van der Waals surface area contributed by atoms with E-state index in [1.165, 1.54) is 4.90 Å². The summed E-state index contributed by atoms with van der Waals surface area (Å²) < 4.78 is 3.00. The lowest BCUT2D eigenvalue weighted by molar-refractivity contribution is -0.122. The Morgan fingerprint density at radius 1 is 1.03 bits per heavy atom. The highest BCUT2D eigenvalue weighted by molar-refractivity contribution is 9.10. The van der Waals surface area contributed by atoms with Gasteiger partial charge in [-0.2, -0.15) is 0 Å². The predicted octanol–water partition coefficient (Wildman–Crippen LogP) is 5.54. The molecular weight excluding hydrogens is 524 g/mol. The standard InChI is InChI=1S/C27H21BrN4O2S/c1-15-11-20(28)6-9-24(15)32-26(34)22(25(33)30-27(32)35)14-19-12-16(2)31(17(19)3)21-7-8-23-18(13-21)5-4-10-29-23/h4-14H,1-3H3,(H,30,33,35)/b22-14+. The van der Waals surface area contributed by atoms with Crippen molar-refractivity contribution in [1.29, 1.82) is 0 Å². The van der Waals surface area contributed by atoms with Crippen molar-refractivity contribution in [3.63, 3.8) is 0 Å². The van der Waals surface area contributed by atoms with Gasteiger partial charge in [-0.05, 0) is 98.7 Å². The molecular formula is C27H21BrN4O2S. The zero-order chi connectivity index (χ0) is 24.9. The summed E-state index contributed by atoms with van der Waals surface area (Å²) in [7, 11) is 0. The number of carbonyl (C=O) groups excluding carboxylic acids is 2. The third kappa shape index (κ3) is 4.09. The van der Waals surface area contributed by atoms with Crippen LogP contribution in [0.4, 0.5) is 5.69 Å². The molecule has 0 radical (unpaired) electrons. The van der Waals surface area contributed by atoms with Crippen LogP contribution in [-0.4, -0.2) is 26.5 Å². The second kappa shape index (κ2) is 8.87. The lowest BCUT2D eigenvalue weighted by Gasteiger charge is -2.30.